The summed E-state index contributed by atoms with van der Waals surface area (Å²) in [6.45, 7) is 8.72. The van der Waals surface area contributed by atoms with E-state index >= 15 is 0 Å². The molecule has 0 radical (unpaired) electrons. The Balaban J connectivity index is 2.85. The minimum absolute atomic E-state index is 0.142. The molecule has 0 saturated carbocycles. The van der Waals surface area contributed by atoms with Crippen LogP contribution in [0, 0.1) is 11.3 Å². The summed E-state index contributed by atoms with van der Waals surface area (Å²) in [6, 6.07) is 6.56. The molecule has 0 aromatic heterocycles. The van der Waals surface area contributed by atoms with Crippen molar-refractivity contribution >= 4 is 16.1 Å². The number of hydrogen-bond donors (Lipinski definition) is 1. The van der Waals surface area contributed by atoms with E-state index < -0.39 is 10.0 Å². The maximum absolute atomic E-state index is 11.1. The third kappa shape index (κ3) is 4.27. The van der Waals surface area contributed by atoms with Gasteiger partial charge in [0.05, 0.1) is 4.90 Å². The van der Waals surface area contributed by atoms with Gasteiger partial charge in [0.1, 0.15) is 0 Å². The molecule has 0 fully saturated rings. The van der Waals surface area contributed by atoms with Crippen LogP contribution >= 0.6 is 0 Å². The number of nitrogens with two attached hydrogens (primary N) is 1. The van der Waals surface area contributed by atoms with E-state index in [1.807, 2.05) is 6.08 Å². The number of rotatable bonds is 3. The average Bonchev–Trinajstić information content (AvgIpc) is 2.24. The number of benzene rings is 1. The summed E-state index contributed by atoms with van der Waals surface area (Å²) >= 11 is 0. The van der Waals surface area contributed by atoms with Crippen molar-refractivity contribution in [3.05, 3.63) is 35.9 Å². The first-order chi connectivity index (χ1) is 8.10. The summed E-state index contributed by atoms with van der Waals surface area (Å²) in [5.41, 5.74) is 1.19. The van der Waals surface area contributed by atoms with Crippen molar-refractivity contribution in [2.24, 2.45) is 16.5 Å². The zero-order valence-corrected chi connectivity index (χ0v) is 12.2. The molecule has 1 rings (SSSR count). The standard InChI is InChI=1S/C14H21NO2S/c1-11(14(2,3)4)5-6-12-7-9-13(10-8-12)18(15,16)17/h5-11H,1-4H3,(H2,15,16,17). The Kier molecular flexibility index (Phi) is 4.35. The summed E-state index contributed by atoms with van der Waals surface area (Å²) in [7, 11) is -3.60. The molecule has 0 aliphatic rings. The van der Waals surface area contributed by atoms with Crippen LogP contribution in [0.5, 0.6) is 0 Å². The van der Waals surface area contributed by atoms with E-state index in [1.54, 1.807) is 12.1 Å². The van der Waals surface area contributed by atoms with Crippen molar-refractivity contribution in [3.63, 3.8) is 0 Å². The molecule has 18 heavy (non-hydrogen) atoms. The molecule has 0 aliphatic carbocycles. The first kappa shape index (κ1) is 14.9. The third-order valence-corrected chi connectivity index (χ3v) is 4.08. The van der Waals surface area contributed by atoms with Gasteiger partial charge in [0, 0.05) is 0 Å². The minimum atomic E-state index is -3.60. The van der Waals surface area contributed by atoms with Crippen molar-refractivity contribution in [3.8, 4) is 0 Å². The van der Waals surface area contributed by atoms with Crippen molar-refractivity contribution in [2.75, 3.05) is 0 Å². The fourth-order valence-electron chi connectivity index (χ4n) is 1.31. The van der Waals surface area contributed by atoms with Crippen molar-refractivity contribution in [1.82, 2.24) is 0 Å². The topological polar surface area (TPSA) is 60.2 Å². The van der Waals surface area contributed by atoms with Crippen LogP contribution in [-0.2, 0) is 10.0 Å². The molecule has 0 spiro atoms. The quantitative estimate of drug-likeness (QED) is 0.915. The molecule has 0 aliphatic heterocycles. The van der Waals surface area contributed by atoms with Gasteiger partial charge in [0.25, 0.3) is 0 Å². The molecule has 4 heteroatoms. The average molecular weight is 267 g/mol. The van der Waals surface area contributed by atoms with Crippen molar-refractivity contribution in [2.45, 2.75) is 32.6 Å². The SMILES string of the molecule is CC(C=Cc1ccc(S(N)(=O)=O)cc1)C(C)(C)C. The Labute approximate surface area is 110 Å². The molecule has 1 atom stereocenters. The van der Waals surface area contributed by atoms with E-state index in [4.69, 9.17) is 5.14 Å². The summed E-state index contributed by atoms with van der Waals surface area (Å²) < 4.78 is 22.2. The number of sulfonamides is 1. The lowest BCUT2D eigenvalue weighted by atomic mass is 9.82. The monoisotopic (exact) mass is 267 g/mol. The lowest BCUT2D eigenvalue weighted by Crippen LogP contribution is -2.14. The minimum Gasteiger partial charge on any atom is -0.225 e. The van der Waals surface area contributed by atoms with Gasteiger partial charge in [-0.05, 0) is 29.0 Å². The van der Waals surface area contributed by atoms with Gasteiger partial charge in [-0.15, -0.1) is 0 Å². The smallest absolute Gasteiger partial charge is 0.225 e. The molecule has 100 valence electrons. The molecule has 3 nitrogen and oxygen atoms in total. The highest BCUT2D eigenvalue weighted by molar-refractivity contribution is 7.89. The van der Waals surface area contributed by atoms with E-state index in [9.17, 15) is 8.42 Å². The van der Waals surface area contributed by atoms with Crippen LogP contribution in [0.4, 0.5) is 0 Å². The van der Waals surface area contributed by atoms with Crippen LogP contribution in [0.2, 0.25) is 0 Å². The van der Waals surface area contributed by atoms with Gasteiger partial charge in [-0.2, -0.15) is 0 Å². The van der Waals surface area contributed by atoms with E-state index in [2.05, 4.69) is 33.8 Å². The first-order valence-electron chi connectivity index (χ1n) is 5.92. The van der Waals surface area contributed by atoms with E-state index in [-0.39, 0.29) is 10.3 Å². The van der Waals surface area contributed by atoms with Crippen LogP contribution in [0.3, 0.4) is 0 Å². The second kappa shape index (κ2) is 5.24. The third-order valence-electron chi connectivity index (χ3n) is 3.15. The van der Waals surface area contributed by atoms with Crippen LogP contribution in [0.25, 0.3) is 6.08 Å². The van der Waals surface area contributed by atoms with Gasteiger partial charge >= 0.3 is 0 Å². The fourth-order valence-corrected chi connectivity index (χ4v) is 1.83. The van der Waals surface area contributed by atoms with Crippen molar-refractivity contribution in [1.29, 1.82) is 0 Å². The molecule has 2 N–H and O–H groups in total. The summed E-state index contributed by atoms with van der Waals surface area (Å²) in [5.74, 6) is 0.440. The molecule has 0 bridgehead atoms. The van der Waals surface area contributed by atoms with Crippen LogP contribution in [0.15, 0.2) is 35.2 Å². The second-order valence-corrected chi connectivity index (χ2v) is 7.19. The summed E-state index contributed by atoms with van der Waals surface area (Å²) in [5, 5.41) is 5.04. The highest BCUT2D eigenvalue weighted by Crippen LogP contribution is 2.26. The molecule has 1 unspecified atom stereocenters. The van der Waals surface area contributed by atoms with E-state index in [0.29, 0.717) is 5.92 Å². The zero-order valence-electron chi connectivity index (χ0n) is 11.3. The summed E-state index contributed by atoms with van der Waals surface area (Å²) in [4.78, 5) is 0.142. The zero-order chi connectivity index (χ0) is 14.0. The Hall–Kier alpha value is -1.13. The lowest BCUT2D eigenvalue weighted by Gasteiger charge is -2.24. The molecule has 1 aromatic rings. The Morgan fingerprint density at radius 1 is 1.17 bits per heavy atom. The van der Waals surface area contributed by atoms with Crippen LogP contribution in [0.1, 0.15) is 33.3 Å². The van der Waals surface area contributed by atoms with E-state index in [1.165, 1.54) is 12.1 Å². The van der Waals surface area contributed by atoms with Crippen molar-refractivity contribution < 1.29 is 8.42 Å². The van der Waals surface area contributed by atoms with Gasteiger partial charge < -0.3 is 0 Å². The lowest BCUT2D eigenvalue weighted by molar-refractivity contribution is 0.315. The maximum Gasteiger partial charge on any atom is 0.238 e. The van der Waals surface area contributed by atoms with Gasteiger partial charge in [-0.25, -0.2) is 13.6 Å². The van der Waals surface area contributed by atoms with Gasteiger partial charge in [0.15, 0.2) is 0 Å². The van der Waals surface area contributed by atoms with Crippen LogP contribution in [-0.4, -0.2) is 8.42 Å². The molecule has 0 amide bonds. The second-order valence-electron chi connectivity index (χ2n) is 5.63. The largest absolute Gasteiger partial charge is 0.238 e. The predicted molar refractivity (Wildman–Crippen MR) is 75.5 cm³/mol. The van der Waals surface area contributed by atoms with E-state index in [0.717, 1.165) is 5.56 Å². The van der Waals surface area contributed by atoms with Crippen LogP contribution < -0.4 is 5.14 Å². The Morgan fingerprint density at radius 3 is 2.06 bits per heavy atom. The molecule has 0 saturated heterocycles. The Bertz CT molecular complexity index is 522. The molecular weight excluding hydrogens is 246 g/mol. The Morgan fingerprint density at radius 2 is 1.67 bits per heavy atom. The molecular formula is C14H21NO2S. The number of allylic oxidation sites excluding steroid dienone is 1. The normalized spacial score (nSPS) is 14.9. The first-order valence-corrected chi connectivity index (χ1v) is 7.46. The summed E-state index contributed by atoms with van der Waals surface area (Å²) in [6.07, 6.45) is 4.13. The predicted octanol–water partition coefficient (Wildman–Crippen LogP) is 3.03. The number of hydrogen-bond acceptors (Lipinski definition) is 2. The highest BCUT2D eigenvalue weighted by Gasteiger charge is 2.16. The highest BCUT2D eigenvalue weighted by atomic mass is 32.2. The van der Waals surface area contributed by atoms with Gasteiger partial charge in [-0.3, -0.25) is 0 Å². The number of primary sulfonamides is 1. The molecule has 1 aromatic carbocycles. The van der Waals surface area contributed by atoms with Gasteiger partial charge in [-0.1, -0.05) is 52.0 Å². The molecule has 0 heterocycles. The fraction of sp³-hybridized carbons (Fsp3) is 0.429. The van der Waals surface area contributed by atoms with Gasteiger partial charge in [0.2, 0.25) is 10.0 Å². The maximum atomic E-state index is 11.1.